The van der Waals surface area contributed by atoms with Crippen molar-refractivity contribution in [1.82, 2.24) is 10.2 Å². The number of nitrogens with one attached hydrogen (secondary N) is 1. The molecule has 0 aromatic heterocycles. The van der Waals surface area contributed by atoms with Crippen molar-refractivity contribution in [2.24, 2.45) is 5.92 Å². The summed E-state index contributed by atoms with van der Waals surface area (Å²) >= 11 is 0. The van der Waals surface area contributed by atoms with E-state index < -0.39 is 0 Å². The van der Waals surface area contributed by atoms with Gasteiger partial charge in [-0.2, -0.15) is 0 Å². The SMILES string of the molecule is CC1CC(CN(C)CCNC(C)(C)C)CO1. The fourth-order valence-electron chi connectivity index (χ4n) is 2.19. The second-order valence-corrected chi connectivity index (χ2v) is 6.18. The van der Waals surface area contributed by atoms with Gasteiger partial charge in [-0.1, -0.05) is 0 Å². The zero-order valence-electron chi connectivity index (χ0n) is 11.5. The normalized spacial score (nSPS) is 26.6. The quantitative estimate of drug-likeness (QED) is 0.775. The monoisotopic (exact) mass is 228 g/mol. The molecule has 0 aromatic carbocycles. The Morgan fingerprint density at radius 2 is 2.06 bits per heavy atom. The number of rotatable bonds is 5. The molecule has 1 aliphatic rings. The van der Waals surface area contributed by atoms with Crippen molar-refractivity contribution in [1.29, 1.82) is 0 Å². The Bertz CT molecular complexity index is 201. The van der Waals surface area contributed by atoms with Crippen LogP contribution in [0.2, 0.25) is 0 Å². The van der Waals surface area contributed by atoms with Gasteiger partial charge in [-0.25, -0.2) is 0 Å². The lowest BCUT2D eigenvalue weighted by Crippen LogP contribution is -2.41. The Kier molecular flexibility index (Phi) is 5.22. The van der Waals surface area contributed by atoms with Crippen molar-refractivity contribution in [3.63, 3.8) is 0 Å². The van der Waals surface area contributed by atoms with Gasteiger partial charge in [0.1, 0.15) is 0 Å². The Labute approximate surface area is 101 Å². The van der Waals surface area contributed by atoms with Crippen LogP contribution in [0, 0.1) is 5.92 Å². The first-order chi connectivity index (χ1) is 7.37. The van der Waals surface area contributed by atoms with E-state index >= 15 is 0 Å². The van der Waals surface area contributed by atoms with Crippen LogP contribution in [-0.4, -0.2) is 49.8 Å². The maximum atomic E-state index is 5.58. The summed E-state index contributed by atoms with van der Waals surface area (Å²) in [7, 11) is 2.20. The maximum Gasteiger partial charge on any atom is 0.0551 e. The first-order valence-electron chi connectivity index (χ1n) is 6.42. The highest BCUT2D eigenvalue weighted by molar-refractivity contribution is 4.74. The predicted molar refractivity (Wildman–Crippen MR) is 68.8 cm³/mol. The van der Waals surface area contributed by atoms with Crippen molar-refractivity contribution in [3.8, 4) is 0 Å². The van der Waals surface area contributed by atoms with Gasteiger partial charge in [0.15, 0.2) is 0 Å². The molecule has 2 atom stereocenters. The fraction of sp³-hybridized carbons (Fsp3) is 1.00. The molecule has 1 saturated heterocycles. The van der Waals surface area contributed by atoms with Gasteiger partial charge < -0.3 is 15.0 Å². The summed E-state index contributed by atoms with van der Waals surface area (Å²) in [5.41, 5.74) is 0.228. The molecule has 2 unspecified atom stereocenters. The molecule has 1 fully saturated rings. The summed E-state index contributed by atoms with van der Waals surface area (Å²) in [6.45, 7) is 13.1. The van der Waals surface area contributed by atoms with Gasteiger partial charge >= 0.3 is 0 Å². The van der Waals surface area contributed by atoms with E-state index in [0.29, 0.717) is 6.10 Å². The molecule has 0 radical (unpaired) electrons. The van der Waals surface area contributed by atoms with Gasteiger partial charge in [-0.05, 0) is 47.1 Å². The molecule has 1 heterocycles. The van der Waals surface area contributed by atoms with Crippen LogP contribution in [-0.2, 0) is 4.74 Å². The standard InChI is InChI=1S/C13H28N2O/c1-11-8-12(10-16-11)9-15(5)7-6-14-13(2,3)4/h11-12,14H,6-10H2,1-5H3. The maximum absolute atomic E-state index is 5.58. The molecule has 0 saturated carbocycles. The molecule has 16 heavy (non-hydrogen) atoms. The highest BCUT2D eigenvalue weighted by atomic mass is 16.5. The summed E-state index contributed by atoms with van der Waals surface area (Å²) in [5.74, 6) is 0.731. The lowest BCUT2D eigenvalue weighted by atomic mass is 10.1. The summed E-state index contributed by atoms with van der Waals surface area (Å²) in [5, 5.41) is 3.51. The Hall–Kier alpha value is -0.120. The lowest BCUT2D eigenvalue weighted by Gasteiger charge is -2.24. The predicted octanol–water partition coefficient (Wildman–Crippen LogP) is 1.73. The fourth-order valence-corrected chi connectivity index (χ4v) is 2.19. The first-order valence-corrected chi connectivity index (χ1v) is 6.42. The van der Waals surface area contributed by atoms with E-state index in [1.807, 2.05) is 0 Å². The lowest BCUT2D eigenvalue weighted by molar-refractivity contribution is 0.116. The van der Waals surface area contributed by atoms with Crippen LogP contribution in [0.5, 0.6) is 0 Å². The van der Waals surface area contributed by atoms with Crippen molar-refractivity contribution >= 4 is 0 Å². The van der Waals surface area contributed by atoms with Crippen LogP contribution in [0.25, 0.3) is 0 Å². The Morgan fingerprint density at radius 3 is 2.56 bits per heavy atom. The number of ether oxygens (including phenoxy) is 1. The van der Waals surface area contributed by atoms with Crippen LogP contribution in [0.1, 0.15) is 34.1 Å². The van der Waals surface area contributed by atoms with E-state index in [1.165, 1.54) is 6.42 Å². The van der Waals surface area contributed by atoms with E-state index in [4.69, 9.17) is 4.74 Å². The van der Waals surface area contributed by atoms with Crippen molar-refractivity contribution in [3.05, 3.63) is 0 Å². The number of hydrogen-bond donors (Lipinski definition) is 1. The zero-order chi connectivity index (χ0) is 12.2. The minimum atomic E-state index is 0.228. The van der Waals surface area contributed by atoms with E-state index in [2.05, 4.69) is 45.0 Å². The van der Waals surface area contributed by atoms with Gasteiger partial charge in [-0.15, -0.1) is 0 Å². The summed E-state index contributed by atoms with van der Waals surface area (Å²) in [6, 6.07) is 0. The highest BCUT2D eigenvalue weighted by Gasteiger charge is 2.22. The minimum absolute atomic E-state index is 0.228. The molecule has 3 heteroatoms. The molecule has 3 nitrogen and oxygen atoms in total. The van der Waals surface area contributed by atoms with Crippen molar-refractivity contribution in [2.45, 2.75) is 45.8 Å². The van der Waals surface area contributed by atoms with Crippen molar-refractivity contribution < 1.29 is 4.74 Å². The molecule has 1 rings (SSSR count). The van der Waals surface area contributed by atoms with Crippen LogP contribution in [0.4, 0.5) is 0 Å². The zero-order valence-corrected chi connectivity index (χ0v) is 11.5. The van der Waals surface area contributed by atoms with Crippen LogP contribution in [0.3, 0.4) is 0 Å². The third-order valence-corrected chi connectivity index (χ3v) is 3.00. The minimum Gasteiger partial charge on any atom is -0.378 e. The second kappa shape index (κ2) is 5.99. The molecular weight excluding hydrogens is 200 g/mol. The summed E-state index contributed by atoms with van der Waals surface area (Å²) < 4.78 is 5.58. The highest BCUT2D eigenvalue weighted by Crippen LogP contribution is 2.19. The molecular formula is C13H28N2O. The molecule has 0 amide bonds. The largest absolute Gasteiger partial charge is 0.378 e. The van der Waals surface area contributed by atoms with Crippen LogP contribution < -0.4 is 5.32 Å². The van der Waals surface area contributed by atoms with Gasteiger partial charge in [0.05, 0.1) is 12.7 Å². The number of hydrogen-bond acceptors (Lipinski definition) is 3. The third kappa shape index (κ3) is 5.83. The van der Waals surface area contributed by atoms with Gasteiger partial charge in [0.25, 0.3) is 0 Å². The van der Waals surface area contributed by atoms with E-state index in [9.17, 15) is 0 Å². The van der Waals surface area contributed by atoms with E-state index in [-0.39, 0.29) is 5.54 Å². The molecule has 96 valence electrons. The number of nitrogens with zero attached hydrogens (tertiary/aromatic N) is 1. The van der Waals surface area contributed by atoms with E-state index in [0.717, 1.165) is 32.2 Å². The first kappa shape index (κ1) is 13.9. The van der Waals surface area contributed by atoms with Gasteiger partial charge in [0.2, 0.25) is 0 Å². The molecule has 0 spiro atoms. The second-order valence-electron chi connectivity index (χ2n) is 6.18. The summed E-state index contributed by atoms with van der Waals surface area (Å²) in [6.07, 6.45) is 1.68. The molecule has 0 bridgehead atoms. The summed E-state index contributed by atoms with van der Waals surface area (Å²) in [4.78, 5) is 2.41. The third-order valence-electron chi connectivity index (χ3n) is 3.00. The Balaban J connectivity index is 2.09. The van der Waals surface area contributed by atoms with Gasteiger partial charge in [-0.3, -0.25) is 0 Å². The van der Waals surface area contributed by atoms with Crippen LogP contribution in [0.15, 0.2) is 0 Å². The topological polar surface area (TPSA) is 24.5 Å². The molecule has 0 aromatic rings. The molecule has 1 N–H and O–H groups in total. The van der Waals surface area contributed by atoms with Crippen molar-refractivity contribution in [2.75, 3.05) is 33.3 Å². The van der Waals surface area contributed by atoms with E-state index in [1.54, 1.807) is 0 Å². The van der Waals surface area contributed by atoms with Gasteiger partial charge in [0, 0.05) is 25.2 Å². The smallest absolute Gasteiger partial charge is 0.0551 e. The molecule has 0 aliphatic carbocycles. The number of likely N-dealkylation sites (N-methyl/N-ethyl adjacent to an activating group) is 1. The van der Waals surface area contributed by atoms with Crippen LogP contribution >= 0.6 is 0 Å². The molecule has 1 aliphatic heterocycles. The Morgan fingerprint density at radius 1 is 1.38 bits per heavy atom. The average Bonchev–Trinajstić information content (AvgIpc) is 2.48. The average molecular weight is 228 g/mol.